The predicted molar refractivity (Wildman–Crippen MR) is 116 cm³/mol. The third-order valence-electron chi connectivity index (χ3n) is 4.63. The molecule has 26 heavy (non-hydrogen) atoms. The Morgan fingerprint density at radius 2 is 1.35 bits per heavy atom. The number of methoxy groups -OCH3 is 2. The van der Waals surface area contributed by atoms with Crippen LogP contribution in [0, 0.1) is 0 Å². The van der Waals surface area contributed by atoms with Gasteiger partial charge in [-0.05, 0) is 58.1 Å². The molecule has 0 spiro atoms. The van der Waals surface area contributed by atoms with E-state index in [0.29, 0.717) is 0 Å². The first-order chi connectivity index (χ1) is 12.5. The van der Waals surface area contributed by atoms with Crippen molar-refractivity contribution < 1.29 is 9.47 Å². The zero-order valence-corrected chi connectivity index (χ0v) is 17.5. The van der Waals surface area contributed by atoms with Gasteiger partial charge in [0.15, 0.2) is 0 Å². The fourth-order valence-corrected chi connectivity index (χ4v) is 6.01. The van der Waals surface area contributed by atoms with Crippen LogP contribution >= 0.6 is 11.3 Å². The SMILES string of the molecule is C=C[Si](C)(C)c1cc(-c2ccc(OC)cc2)c(-c2ccc(OC)cc2)s1. The van der Waals surface area contributed by atoms with E-state index in [1.165, 1.54) is 26.1 Å². The lowest BCUT2D eigenvalue weighted by Gasteiger charge is -2.14. The number of hydrogen-bond donors (Lipinski definition) is 0. The van der Waals surface area contributed by atoms with Gasteiger partial charge in [-0.3, -0.25) is 0 Å². The molecule has 0 aliphatic carbocycles. The van der Waals surface area contributed by atoms with Crippen LogP contribution in [0.5, 0.6) is 11.5 Å². The van der Waals surface area contributed by atoms with E-state index >= 15 is 0 Å². The van der Waals surface area contributed by atoms with Crippen molar-refractivity contribution in [3.05, 3.63) is 66.9 Å². The fourth-order valence-electron chi connectivity index (χ4n) is 2.75. The minimum Gasteiger partial charge on any atom is -0.497 e. The van der Waals surface area contributed by atoms with Crippen LogP contribution < -0.4 is 14.0 Å². The maximum Gasteiger partial charge on any atom is 0.118 e. The Morgan fingerprint density at radius 3 is 1.81 bits per heavy atom. The lowest BCUT2D eigenvalue weighted by molar-refractivity contribution is 0.414. The summed E-state index contributed by atoms with van der Waals surface area (Å²) < 4.78 is 12.0. The summed E-state index contributed by atoms with van der Waals surface area (Å²) in [4.78, 5) is 1.29. The maximum absolute atomic E-state index is 5.31. The highest BCUT2D eigenvalue weighted by Crippen LogP contribution is 2.38. The molecule has 134 valence electrons. The van der Waals surface area contributed by atoms with Gasteiger partial charge in [0, 0.05) is 10.4 Å². The smallest absolute Gasteiger partial charge is 0.118 e. The molecule has 0 fully saturated rings. The Kier molecular flexibility index (Phi) is 5.35. The number of thiophene rings is 1. The van der Waals surface area contributed by atoms with Crippen LogP contribution in [0.25, 0.3) is 21.6 Å². The average Bonchev–Trinajstić information content (AvgIpc) is 3.14. The molecule has 0 aliphatic rings. The minimum atomic E-state index is -1.63. The minimum absolute atomic E-state index is 0.871. The molecule has 0 bridgehead atoms. The highest BCUT2D eigenvalue weighted by atomic mass is 32.1. The molecule has 0 amide bonds. The van der Waals surface area contributed by atoms with E-state index in [1.54, 1.807) is 14.2 Å². The van der Waals surface area contributed by atoms with Crippen LogP contribution in [-0.2, 0) is 0 Å². The van der Waals surface area contributed by atoms with Crippen molar-refractivity contribution in [2.24, 2.45) is 0 Å². The van der Waals surface area contributed by atoms with Gasteiger partial charge in [-0.25, -0.2) is 0 Å². The fraction of sp³-hybridized carbons (Fsp3) is 0.182. The van der Waals surface area contributed by atoms with Crippen molar-refractivity contribution in [1.82, 2.24) is 0 Å². The van der Waals surface area contributed by atoms with Crippen molar-refractivity contribution in [2.45, 2.75) is 13.1 Å². The summed E-state index contributed by atoms with van der Waals surface area (Å²) in [5, 5.41) is 0. The Bertz CT molecular complexity index is 828. The van der Waals surface area contributed by atoms with Gasteiger partial charge in [0.1, 0.15) is 19.6 Å². The second kappa shape index (κ2) is 7.52. The summed E-state index contributed by atoms with van der Waals surface area (Å²) in [6, 6.07) is 18.9. The molecule has 1 heterocycles. The molecule has 2 aromatic carbocycles. The maximum atomic E-state index is 5.31. The lowest BCUT2D eigenvalue weighted by Crippen LogP contribution is -2.36. The average molecular weight is 381 g/mol. The molecule has 0 radical (unpaired) electrons. The Labute approximate surface area is 160 Å². The molecule has 0 saturated carbocycles. The van der Waals surface area contributed by atoms with Crippen molar-refractivity contribution in [3.8, 4) is 33.1 Å². The molecule has 0 atom stereocenters. The third-order valence-corrected chi connectivity index (χ3v) is 9.95. The first kappa shape index (κ1) is 18.5. The first-order valence-corrected chi connectivity index (χ1v) is 12.4. The van der Waals surface area contributed by atoms with Crippen molar-refractivity contribution in [1.29, 1.82) is 0 Å². The number of hydrogen-bond acceptors (Lipinski definition) is 3. The van der Waals surface area contributed by atoms with Gasteiger partial charge in [0.05, 0.1) is 14.2 Å². The van der Waals surface area contributed by atoms with Gasteiger partial charge in [0.25, 0.3) is 0 Å². The zero-order valence-electron chi connectivity index (χ0n) is 15.7. The van der Waals surface area contributed by atoms with Gasteiger partial charge in [-0.2, -0.15) is 0 Å². The molecule has 1 aromatic heterocycles. The number of ether oxygens (including phenoxy) is 2. The molecular weight excluding hydrogens is 356 g/mol. The second-order valence-electron chi connectivity index (χ2n) is 6.74. The van der Waals surface area contributed by atoms with E-state index < -0.39 is 8.07 Å². The van der Waals surface area contributed by atoms with Crippen molar-refractivity contribution in [3.63, 3.8) is 0 Å². The second-order valence-corrected chi connectivity index (χ2v) is 12.5. The molecule has 4 heteroatoms. The van der Waals surface area contributed by atoms with Crippen LogP contribution in [0.4, 0.5) is 0 Å². The molecule has 2 nitrogen and oxygen atoms in total. The third kappa shape index (κ3) is 3.62. The number of benzene rings is 2. The van der Waals surface area contributed by atoms with E-state index in [0.717, 1.165) is 11.5 Å². The Hall–Kier alpha value is -2.30. The highest BCUT2D eigenvalue weighted by molar-refractivity contribution is 7.30. The summed E-state index contributed by atoms with van der Waals surface area (Å²) in [7, 11) is 1.75. The number of rotatable bonds is 6. The van der Waals surface area contributed by atoms with Crippen molar-refractivity contribution >= 4 is 23.9 Å². The zero-order chi connectivity index (χ0) is 18.7. The Morgan fingerprint density at radius 1 is 0.846 bits per heavy atom. The molecule has 0 saturated heterocycles. The van der Waals surface area contributed by atoms with E-state index in [2.05, 4.69) is 55.7 Å². The van der Waals surface area contributed by atoms with Gasteiger partial charge in [-0.15, -0.1) is 17.9 Å². The summed E-state index contributed by atoms with van der Waals surface area (Å²) in [5.41, 5.74) is 5.82. The molecule has 0 N–H and O–H groups in total. The van der Waals surface area contributed by atoms with Crippen LogP contribution in [-0.4, -0.2) is 22.3 Å². The van der Waals surface area contributed by atoms with Crippen LogP contribution in [0.3, 0.4) is 0 Å². The van der Waals surface area contributed by atoms with Crippen LogP contribution in [0.15, 0.2) is 66.9 Å². The predicted octanol–water partition coefficient (Wildman–Crippen LogP) is 5.74. The Balaban J connectivity index is 2.14. The van der Waals surface area contributed by atoms with Crippen LogP contribution in [0.1, 0.15) is 0 Å². The van der Waals surface area contributed by atoms with E-state index in [1.807, 2.05) is 35.6 Å². The lowest BCUT2D eigenvalue weighted by atomic mass is 10.0. The van der Waals surface area contributed by atoms with Crippen molar-refractivity contribution in [2.75, 3.05) is 14.2 Å². The summed E-state index contributed by atoms with van der Waals surface area (Å²) in [5.74, 6) is 1.74. The van der Waals surface area contributed by atoms with Gasteiger partial charge >= 0.3 is 0 Å². The van der Waals surface area contributed by atoms with Crippen LogP contribution in [0.2, 0.25) is 13.1 Å². The summed E-state index contributed by atoms with van der Waals surface area (Å²) >= 11 is 1.88. The van der Waals surface area contributed by atoms with Gasteiger partial charge in [-0.1, -0.05) is 30.9 Å². The quantitative estimate of drug-likeness (QED) is 0.508. The standard InChI is InChI=1S/C22H24O2SSi/c1-6-26(4,5)21-15-20(16-7-11-18(23-2)12-8-16)22(25-21)17-9-13-19(24-3)14-10-17/h6-15H,1H2,2-5H3. The van der Waals surface area contributed by atoms with E-state index in [4.69, 9.17) is 9.47 Å². The monoisotopic (exact) mass is 380 g/mol. The van der Waals surface area contributed by atoms with E-state index in [-0.39, 0.29) is 0 Å². The molecule has 0 unspecified atom stereocenters. The normalized spacial score (nSPS) is 11.2. The summed E-state index contributed by atoms with van der Waals surface area (Å²) in [6.07, 6.45) is 0. The van der Waals surface area contributed by atoms with Gasteiger partial charge in [0.2, 0.25) is 0 Å². The summed E-state index contributed by atoms with van der Waals surface area (Å²) in [6.45, 7) is 8.74. The van der Waals surface area contributed by atoms with Gasteiger partial charge < -0.3 is 9.47 Å². The topological polar surface area (TPSA) is 18.5 Å². The largest absolute Gasteiger partial charge is 0.497 e. The first-order valence-electron chi connectivity index (χ1n) is 8.55. The molecule has 0 aliphatic heterocycles. The van der Waals surface area contributed by atoms with E-state index in [9.17, 15) is 0 Å². The molecular formula is C22H24O2SSi. The molecule has 3 rings (SSSR count). The molecule has 3 aromatic rings. The highest BCUT2D eigenvalue weighted by Gasteiger charge is 2.24.